The third kappa shape index (κ3) is 2.31. The molecule has 0 spiro atoms. The van der Waals surface area contributed by atoms with Gasteiger partial charge in [-0.05, 0) is 19.1 Å². The first kappa shape index (κ1) is 13.8. The molecule has 1 saturated heterocycles. The molecule has 19 heavy (non-hydrogen) atoms. The van der Waals surface area contributed by atoms with E-state index in [1.54, 1.807) is 6.07 Å². The van der Waals surface area contributed by atoms with Crippen LogP contribution in [0, 0.1) is 6.92 Å². The van der Waals surface area contributed by atoms with Gasteiger partial charge in [0.05, 0.1) is 26.9 Å². The summed E-state index contributed by atoms with van der Waals surface area (Å²) in [6, 6.07) is 5.50. The fourth-order valence-corrected chi connectivity index (χ4v) is 2.43. The van der Waals surface area contributed by atoms with Crippen LogP contribution < -0.4 is 4.74 Å². The van der Waals surface area contributed by atoms with Crippen molar-refractivity contribution in [3.05, 3.63) is 29.3 Å². The second kappa shape index (κ2) is 5.19. The van der Waals surface area contributed by atoms with Crippen LogP contribution in [0.5, 0.6) is 5.75 Å². The first-order valence-electron chi connectivity index (χ1n) is 6.09. The van der Waals surface area contributed by atoms with Crippen LogP contribution in [-0.4, -0.2) is 38.0 Å². The van der Waals surface area contributed by atoms with E-state index in [1.165, 1.54) is 14.2 Å². The summed E-state index contributed by atoms with van der Waals surface area (Å²) in [4.78, 5) is 12.1. The molecule has 1 aromatic rings. The number of hydrogen-bond donors (Lipinski definition) is 1. The molecule has 0 radical (unpaired) electrons. The lowest BCUT2D eigenvalue weighted by molar-refractivity contribution is -0.165. The van der Waals surface area contributed by atoms with Crippen molar-refractivity contribution in [2.24, 2.45) is 0 Å². The van der Waals surface area contributed by atoms with Crippen LogP contribution in [0.15, 0.2) is 18.2 Å². The Labute approximate surface area is 112 Å². The van der Waals surface area contributed by atoms with Gasteiger partial charge in [-0.1, -0.05) is 11.6 Å². The molecule has 2 unspecified atom stereocenters. The topological polar surface area (TPSA) is 65.0 Å². The van der Waals surface area contributed by atoms with Crippen molar-refractivity contribution in [2.45, 2.75) is 25.0 Å². The molecule has 0 aliphatic carbocycles. The monoisotopic (exact) mass is 266 g/mol. The van der Waals surface area contributed by atoms with Crippen LogP contribution in [0.25, 0.3) is 0 Å². The van der Waals surface area contributed by atoms with Crippen LogP contribution >= 0.6 is 0 Å². The van der Waals surface area contributed by atoms with Gasteiger partial charge in [0.1, 0.15) is 5.75 Å². The molecule has 0 saturated carbocycles. The fraction of sp³-hybridized carbons (Fsp3) is 0.500. The number of benzene rings is 1. The lowest BCUT2D eigenvalue weighted by Gasteiger charge is -2.27. The number of carbonyl (C=O) groups is 1. The van der Waals surface area contributed by atoms with Gasteiger partial charge in [0, 0.05) is 12.0 Å². The quantitative estimate of drug-likeness (QED) is 0.831. The van der Waals surface area contributed by atoms with Gasteiger partial charge in [0.25, 0.3) is 0 Å². The molecule has 2 rings (SSSR count). The van der Waals surface area contributed by atoms with Crippen LogP contribution in [0.2, 0.25) is 0 Å². The molecule has 1 fully saturated rings. The lowest BCUT2D eigenvalue weighted by atomic mass is 9.88. The molecule has 1 N–H and O–H groups in total. The predicted octanol–water partition coefficient (Wildman–Crippen LogP) is 1.15. The highest BCUT2D eigenvalue weighted by Gasteiger charge is 2.50. The van der Waals surface area contributed by atoms with E-state index in [0.29, 0.717) is 11.3 Å². The van der Waals surface area contributed by atoms with Crippen LogP contribution in [0.1, 0.15) is 17.5 Å². The Morgan fingerprint density at radius 2 is 2.21 bits per heavy atom. The molecule has 104 valence electrons. The Hall–Kier alpha value is -1.59. The number of carbonyl (C=O) groups excluding carboxylic acids is 1. The van der Waals surface area contributed by atoms with Crippen molar-refractivity contribution in [3.8, 4) is 5.75 Å². The van der Waals surface area contributed by atoms with Crippen molar-refractivity contribution < 1.29 is 24.1 Å². The van der Waals surface area contributed by atoms with Crippen molar-refractivity contribution in [1.82, 2.24) is 0 Å². The third-order valence-corrected chi connectivity index (χ3v) is 3.35. The van der Waals surface area contributed by atoms with E-state index in [9.17, 15) is 9.90 Å². The minimum absolute atomic E-state index is 0.103. The Morgan fingerprint density at radius 3 is 2.74 bits per heavy atom. The van der Waals surface area contributed by atoms with E-state index in [0.717, 1.165) is 5.56 Å². The number of esters is 1. The average molecular weight is 266 g/mol. The highest BCUT2D eigenvalue weighted by Crippen LogP contribution is 2.42. The predicted molar refractivity (Wildman–Crippen MR) is 68.0 cm³/mol. The van der Waals surface area contributed by atoms with Crippen molar-refractivity contribution in [2.75, 3.05) is 20.8 Å². The fourth-order valence-electron chi connectivity index (χ4n) is 2.43. The molecule has 1 heterocycles. The minimum atomic E-state index is -1.29. The second-order valence-electron chi connectivity index (χ2n) is 4.69. The summed E-state index contributed by atoms with van der Waals surface area (Å²) in [5.41, 5.74) is 0.286. The Balaban J connectivity index is 2.56. The van der Waals surface area contributed by atoms with E-state index >= 15 is 0 Å². The molecule has 1 aliphatic heterocycles. The average Bonchev–Trinajstić information content (AvgIpc) is 2.81. The molecule has 5 heteroatoms. The van der Waals surface area contributed by atoms with Crippen molar-refractivity contribution in [3.63, 3.8) is 0 Å². The minimum Gasteiger partial charge on any atom is -0.496 e. The Kier molecular flexibility index (Phi) is 3.78. The number of rotatable bonds is 3. The first-order valence-corrected chi connectivity index (χ1v) is 6.09. The normalized spacial score (nSPS) is 26.2. The van der Waals surface area contributed by atoms with Gasteiger partial charge >= 0.3 is 5.97 Å². The number of aliphatic hydroxyl groups excluding tert-OH is 1. The molecular weight excluding hydrogens is 248 g/mol. The van der Waals surface area contributed by atoms with E-state index in [-0.39, 0.29) is 13.0 Å². The second-order valence-corrected chi connectivity index (χ2v) is 4.69. The van der Waals surface area contributed by atoms with E-state index < -0.39 is 17.7 Å². The van der Waals surface area contributed by atoms with Crippen LogP contribution in [-0.2, 0) is 19.9 Å². The lowest BCUT2D eigenvalue weighted by Crippen LogP contribution is -2.37. The summed E-state index contributed by atoms with van der Waals surface area (Å²) in [6.07, 6.45) is -0.524. The van der Waals surface area contributed by atoms with Crippen molar-refractivity contribution >= 4 is 5.97 Å². The molecule has 5 nitrogen and oxygen atoms in total. The Morgan fingerprint density at radius 1 is 1.47 bits per heavy atom. The van der Waals surface area contributed by atoms with Gasteiger partial charge in [-0.3, -0.25) is 0 Å². The summed E-state index contributed by atoms with van der Waals surface area (Å²) >= 11 is 0. The number of ether oxygens (including phenoxy) is 3. The zero-order valence-electron chi connectivity index (χ0n) is 11.3. The first-order chi connectivity index (χ1) is 9.03. The maximum atomic E-state index is 12.1. The standard InChI is InChI=1S/C14H18O5/c1-9-4-5-12(17-2)11(6-9)14(13(16)18-3)7-10(15)8-19-14/h4-6,10,15H,7-8H2,1-3H3. The summed E-state index contributed by atoms with van der Waals surface area (Å²) in [5, 5.41) is 9.73. The van der Waals surface area contributed by atoms with E-state index in [1.807, 2.05) is 19.1 Å². The number of aryl methyl sites for hydroxylation is 1. The summed E-state index contributed by atoms with van der Waals surface area (Å²) in [6.45, 7) is 2.02. The van der Waals surface area contributed by atoms with E-state index in [2.05, 4.69) is 0 Å². The molecule has 2 atom stereocenters. The van der Waals surface area contributed by atoms with Gasteiger partial charge in [-0.2, -0.15) is 0 Å². The molecular formula is C14H18O5. The third-order valence-electron chi connectivity index (χ3n) is 3.35. The summed E-state index contributed by atoms with van der Waals surface area (Å²) in [7, 11) is 2.84. The smallest absolute Gasteiger partial charge is 0.343 e. The number of aliphatic hydroxyl groups is 1. The van der Waals surface area contributed by atoms with Crippen molar-refractivity contribution in [1.29, 1.82) is 0 Å². The van der Waals surface area contributed by atoms with Gasteiger partial charge in [-0.25, -0.2) is 4.79 Å². The maximum Gasteiger partial charge on any atom is 0.343 e. The molecule has 0 aromatic heterocycles. The van der Waals surface area contributed by atoms with Gasteiger partial charge in [0.15, 0.2) is 5.60 Å². The van der Waals surface area contributed by atoms with Gasteiger partial charge < -0.3 is 19.3 Å². The van der Waals surface area contributed by atoms with Gasteiger partial charge in [-0.15, -0.1) is 0 Å². The zero-order chi connectivity index (χ0) is 14.0. The van der Waals surface area contributed by atoms with Crippen LogP contribution in [0.3, 0.4) is 0 Å². The van der Waals surface area contributed by atoms with Gasteiger partial charge in [0.2, 0.25) is 0 Å². The number of methoxy groups -OCH3 is 2. The van der Waals surface area contributed by atoms with Crippen LogP contribution in [0.4, 0.5) is 0 Å². The summed E-state index contributed by atoms with van der Waals surface area (Å²) < 4.78 is 15.7. The highest BCUT2D eigenvalue weighted by molar-refractivity contribution is 5.83. The summed E-state index contributed by atoms with van der Waals surface area (Å²) in [5.74, 6) is 0.0260. The Bertz CT molecular complexity index is 485. The largest absolute Gasteiger partial charge is 0.496 e. The SMILES string of the molecule is COC(=O)C1(c2cc(C)ccc2OC)CC(O)CO1. The van der Waals surface area contributed by atoms with E-state index in [4.69, 9.17) is 14.2 Å². The number of hydrogen-bond acceptors (Lipinski definition) is 5. The maximum absolute atomic E-state index is 12.1. The molecule has 1 aromatic carbocycles. The highest BCUT2D eigenvalue weighted by atomic mass is 16.6. The molecule has 0 bridgehead atoms. The molecule has 1 aliphatic rings. The zero-order valence-corrected chi connectivity index (χ0v) is 11.3. The molecule has 0 amide bonds.